The molecule has 5 heteroatoms. The number of halogens is 1. The zero-order valence-corrected chi connectivity index (χ0v) is 14.1. The van der Waals surface area contributed by atoms with E-state index in [-0.39, 0.29) is 12.6 Å². The molecule has 1 aromatic carbocycles. The standard InChI is InChI=1S/C17H24ClN3O/c1-12(2)15(9-10-22)19-11-14-16(20-21(3)17(14)18)13-7-5-4-6-8-13/h4-8,12,15,19,22H,9-11H2,1-3H3. The highest BCUT2D eigenvalue weighted by Gasteiger charge is 2.18. The number of hydrogen-bond acceptors (Lipinski definition) is 3. The Morgan fingerprint density at radius 3 is 2.55 bits per heavy atom. The van der Waals surface area contributed by atoms with Crippen LogP contribution in [0.25, 0.3) is 11.3 Å². The van der Waals surface area contributed by atoms with E-state index in [0.717, 1.165) is 23.2 Å². The molecule has 0 aliphatic rings. The Morgan fingerprint density at radius 1 is 1.27 bits per heavy atom. The first-order chi connectivity index (χ1) is 10.5. The number of benzene rings is 1. The number of aromatic nitrogens is 2. The number of aryl methyl sites for hydroxylation is 1. The van der Waals surface area contributed by atoms with E-state index in [2.05, 4.69) is 24.3 Å². The maximum Gasteiger partial charge on any atom is 0.131 e. The van der Waals surface area contributed by atoms with Crippen molar-refractivity contribution in [3.63, 3.8) is 0 Å². The van der Waals surface area contributed by atoms with Crippen LogP contribution in [0.2, 0.25) is 5.15 Å². The van der Waals surface area contributed by atoms with Gasteiger partial charge < -0.3 is 10.4 Å². The Balaban J connectivity index is 2.23. The van der Waals surface area contributed by atoms with Gasteiger partial charge in [0.25, 0.3) is 0 Å². The second kappa shape index (κ2) is 7.77. The van der Waals surface area contributed by atoms with E-state index in [0.29, 0.717) is 17.6 Å². The molecule has 0 saturated heterocycles. The van der Waals surface area contributed by atoms with E-state index in [1.54, 1.807) is 4.68 Å². The third-order valence-corrected chi connectivity index (χ3v) is 4.37. The fraction of sp³-hybridized carbons (Fsp3) is 0.471. The Bertz CT molecular complexity index is 595. The predicted octanol–water partition coefficient (Wildman–Crippen LogP) is 3.24. The molecule has 0 fully saturated rings. The molecule has 0 bridgehead atoms. The van der Waals surface area contributed by atoms with E-state index >= 15 is 0 Å². The molecule has 4 nitrogen and oxygen atoms in total. The van der Waals surface area contributed by atoms with Crippen molar-refractivity contribution in [1.29, 1.82) is 0 Å². The first-order valence-corrected chi connectivity index (χ1v) is 8.03. The van der Waals surface area contributed by atoms with Gasteiger partial charge in [0, 0.05) is 37.4 Å². The molecule has 120 valence electrons. The van der Waals surface area contributed by atoms with Gasteiger partial charge in [0.2, 0.25) is 0 Å². The van der Waals surface area contributed by atoms with Gasteiger partial charge in [-0.15, -0.1) is 0 Å². The van der Waals surface area contributed by atoms with Gasteiger partial charge >= 0.3 is 0 Å². The molecule has 1 unspecified atom stereocenters. The molecule has 1 aromatic heterocycles. The van der Waals surface area contributed by atoms with Crippen LogP contribution in [0.4, 0.5) is 0 Å². The molecule has 1 heterocycles. The minimum absolute atomic E-state index is 0.183. The lowest BCUT2D eigenvalue weighted by molar-refractivity contribution is 0.244. The summed E-state index contributed by atoms with van der Waals surface area (Å²) in [5.41, 5.74) is 2.97. The lowest BCUT2D eigenvalue weighted by Gasteiger charge is -2.21. The third kappa shape index (κ3) is 3.88. The maximum absolute atomic E-state index is 9.19. The summed E-state index contributed by atoms with van der Waals surface area (Å²) in [6, 6.07) is 10.3. The number of nitrogens with one attached hydrogen (secondary N) is 1. The molecule has 0 aliphatic heterocycles. The largest absolute Gasteiger partial charge is 0.396 e. The van der Waals surface area contributed by atoms with Crippen molar-refractivity contribution in [2.75, 3.05) is 6.61 Å². The Hall–Kier alpha value is -1.36. The van der Waals surface area contributed by atoms with Crippen LogP contribution in [-0.4, -0.2) is 27.5 Å². The van der Waals surface area contributed by atoms with Crippen molar-refractivity contribution in [1.82, 2.24) is 15.1 Å². The first-order valence-electron chi connectivity index (χ1n) is 7.65. The summed E-state index contributed by atoms with van der Waals surface area (Å²) >= 11 is 6.42. The van der Waals surface area contributed by atoms with Crippen molar-refractivity contribution < 1.29 is 5.11 Å². The maximum atomic E-state index is 9.19. The van der Waals surface area contributed by atoms with Crippen LogP contribution in [0.3, 0.4) is 0 Å². The monoisotopic (exact) mass is 321 g/mol. The van der Waals surface area contributed by atoms with Crippen LogP contribution in [0, 0.1) is 5.92 Å². The van der Waals surface area contributed by atoms with E-state index in [4.69, 9.17) is 11.6 Å². The highest BCUT2D eigenvalue weighted by atomic mass is 35.5. The third-order valence-electron chi connectivity index (χ3n) is 3.90. The highest BCUT2D eigenvalue weighted by molar-refractivity contribution is 6.30. The summed E-state index contributed by atoms with van der Waals surface area (Å²) < 4.78 is 1.71. The zero-order valence-electron chi connectivity index (χ0n) is 13.4. The molecular weight excluding hydrogens is 298 g/mol. The summed E-state index contributed by atoms with van der Waals surface area (Å²) in [5, 5.41) is 17.9. The summed E-state index contributed by atoms with van der Waals surface area (Å²) in [5.74, 6) is 0.447. The van der Waals surface area contributed by atoms with Gasteiger partial charge in [-0.2, -0.15) is 5.10 Å². The fourth-order valence-electron chi connectivity index (χ4n) is 2.58. The van der Waals surface area contributed by atoms with Gasteiger partial charge in [-0.25, -0.2) is 0 Å². The number of hydrogen-bond donors (Lipinski definition) is 2. The van der Waals surface area contributed by atoms with Gasteiger partial charge in [-0.05, 0) is 12.3 Å². The van der Waals surface area contributed by atoms with Crippen molar-refractivity contribution in [2.24, 2.45) is 13.0 Å². The number of rotatable bonds is 7. The first kappa shape index (κ1) is 17.0. The van der Waals surface area contributed by atoms with Crippen LogP contribution in [0.5, 0.6) is 0 Å². The summed E-state index contributed by atoms with van der Waals surface area (Å²) in [4.78, 5) is 0. The lowest BCUT2D eigenvalue weighted by Crippen LogP contribution is -2.34. The molecular formula is C17H24ClN3O. The Labute approximate surface area is 137 Å². The van der Waals surface area contributed by atoms with Crippen LogP contribution in [0.15, 0.2) is 30.3 Å². The molecule has 22 heavy (non-hydrogen) atoms. The van der Waals surface area contributed by atoms with E-state index < -0.39 is 0 Å². The van der Waals surface area contributed by atoms with E-state index in [1.807, 2.05) is 37.4 Å². The number of aliphatic hydroxyl groups is 1. The fourth-order valence-corrected chi connectivity index (χ4v) is 2.77. The minimum atomic E-state index is 0.183. The second-order valence-electron chi connectivity index (χ2n) is 5.85. The van der Waals surface area contributed by atoms with Crippen LogP contribution < -0.4 is 5.32 Å². The quantitative estimate of drug-likeness (QED) is 0.823. The topological polar surface area (TPSA) is 50.1 Å². The second-order valence-corrected chi connectivity index (χ2v) is 6.21. The Morgan fingerprint density at radius 2 is 1.95 bits per heavy atom. The van der Waals surface area contributed by atoms with Gasteiger partial charge in [0.05, 0.1) is 5.69 Å². The molecule has 0 radical (unpaired) electrons. The summed E-state index contributed by atoms with van der Waals surface area (Å²) in [7, 11) is 1.85. The average Bonchev–Trinajstić information content (AvgIpc) is 2.80. The molecule has 0 spiro atoms. The van der Waals surface area contributed by atoms with Crippen molar-refractivity contribution in [3.05, 3.63) is 41.0 Å². The molecule has 2 aromatic rings. The summed E-state index contributed by atoms with van der Waals surface area (Å²) in [6.07, 6.45) is 0.732. The molecule has 1 atom stereocenters. The smallest absolute Gasteiger partial charge is 0.131 e. The van der Waals surface area contributed by atoms with E-state index in [1.165, 1.54) is 0 Å². The lowest BCUT2D eigenvalue weighted by atomic mass is 10.0. The predicted molar refractivity (Wildman–Crippen MR) is 90.8 cm³/mol. The molecule has 0 aliphatic carbocycles. The van der Waals surface area contributed by atoms with Crippen LogP contribution >= 0.6 is 11.6 Å². The molecule has 0 saturated carbocycles. The van der Waals surface area contributed by atoms with Crippen LogP contribution in [-0.2, 0) is 13.6 Å². The highest BCUT2D eigenvalue weighted by Crippen LogP contribution is 2.28. The van der Waals surface area contributed by atoms with Crippen LogP contribution in [0.1, 0.15) is 25.8 Å². The van der Waals surface area contributed by atoms with Gasteiger partial charge in [0.1, 0.15) is 5.15 Å². The Kier molecular flexibility index (Phi) is 6.00. The average molecular weight is 322 g/mol. The molecule has 0 amide bonds. The molecule has 2 rings (SSSR count). The zero-order chi connectivity index (χ0) is 16.1. The normalized spacial score (nSPS) is 12.8. The van der Waals surface area contributed by atoms with Crippen molar-refractivity contribution in [3.8, 4) is 11.3 Å². The number of aliphatic hydroxyl groups excluding tert-OH is 1. The van der Waals surface area contributed by atoms with Crippen molar-refractivity contribution >= 4 is 11.6 Å². The summed E-state index contributed by atoms with van der Waals surface area (Å²) in [6.45, 7) is 5.12. The minimum Gasteiger partial charge on any atom is -0.396 e. The number of nitrogens with zero attached hydrogens (tertiary/aromatic N) is 2. The SMILES string of the molecule is CC(C)C(CCO)NCc1c(-c2ccccc2)nn(C)c1Cl. The van der Waals surface area contributed by atoms with Gasteiger partial charge in [-0.3, -0.25) is 4.68 Å². The van der Waals surface area contributed by atoms with Gasteiger partial charge in [-0.1, -0.05) is 55.8 Å². The van der Waals surface area contributed by atoms with Gasteiger partial charge in [0.15, 0.2) is 0 Å². The molecule has 2 N–H and O–H groups in total. The van der Waals surface area contributed by atoms with Crippen molar-refractivity contribution in [2.45, 2.75) is 32.9 Å². The van der Waals surface area contributed by atoms with E-state index in [9.17, 15) is 5.11 Å².